The molecule has 112 valence electrons. The van der Waals surface area contributed by atoms with Crippen molar-refractivity contribution in [3.8, 4) is 11.5 Å². The van der Waals surface area contributed by atoms with Crippen molar-refractivity contribution < 1.29 is 14.3 Å². The maximum absolute atomic E-state index is 12.7. The van der Waals surface area contributed by atoms with Crippen molar-refractivity contribution >= 4 is 33.0 Å². The molecule has 0 fully saturated rings. The summed E-state index contributed by atoms with van der Waals surface area (Å²) in [4.78, 5) is 13.4. The molecule has 1 aromatic carbocycles. The van der Waals surface area contributed by atoms with Gasteiger partial charge in [-0.15, -0.1) is 11.3 Å². The molecular formula is C16H17BrO3S. The minimum atomic E-state index is -0.00150. The van der Waals surface area contributed by atoms with Crippen molar-refractivity contribution in [2.45, 2.75) is 20.8 Å². The molecule has 21 heavy (non-hydrogen) atoms. The monoisotopic (exact) mass is 368 g/mol. The highest BCUT2D eigenvalue weighted by molar-refractivity contribution is 9.10. The quantitative estimate of drug-likeness (QED) is 0.683. The summed E-state index contributed by atoms with van der Waals surface area (Å²) in [6.45, 7) is 6.83. The van der Waals surface area contributed by atoms with Gasteiger partial charge in [0.1, 0.15) is 0 Å². The van der Waals surface area contributed by atoms with Crippen LogP contribution in [0.2, 0.25) is 0 Å². The average Bonchev–Trinajstić information content (AvgIpc) is 2.87. The van der Waals surface area contributed by atoms with E-state index in [4.69, 9.17) is 9.47 Å². The van der Waals surface area contributed by atoms with Gasteiger partial charge in [0, 0.05) is 10.0 Å². The van der Waals surface area contributed by atoms with Gasteiger partial charge < -0.3 is 9.47 Å². The van der Waals surface area contributed by atoms with Crippen LogP contribution in [0.25, 0.3) is 0 Å². The zero-order chi connectivity index (χ0) is 15.4. The van der Waals surface area contributed by atoms with Crippen LogP contribution in [0.3, 0.4) is 0 Å². The van der Waals surface area contributed by atoms with E-state index in [1.807, 2.05) is 32.2 Å². The van der Waals surface area contributed by atoms with Gasteiger partial charge in [0.15, 0.2) is 11.5 Å². The van der Waals surface area contributed by atoms with E-state index in [-0.39, 0.29) is 5.78 Å². The standard InChI is InChI=1S/C16H17BrO3S/c1-4-19-13-8-11(12(17)9-14(13)20-5-2)15(18)16-10(3)6-7-21-16/h6-9H,4-5H2,1-3H3. The number of benzene rings is 1. The van der Waals surface area contributed by atoms with Crippen LogP contribution in [0.15, 0.2) is 28.1 Å². The molecule has 1 aromatic heterocycles. The summed E-state index contributed by atoms with van der Waals surface area (Å²) in [7, 11) is 0. The Morgan fingerprint density at radius 1 is 1.19 bits per heavy atom. The number of hydrogen-bond donors (Lipinski definition) is 0. The predicted octanol–water partition coefficient (Wildman–Crippen LogP) is 4.85. The fraction of sp³-hybridized carbons (Fsp3) is 0.312. The number of thiophene rings is 1. The Morgan fingerprint density at radius 2 is 1.81 bits per heavy atom. The third-order valence-electron chi connectivity index (χ3n) is 2.95. The lowest BCUT2D eigenvalue weighted by molar-refractivity contribution is 0.104. The van der Waals surface area contributed by atoms with Crippen LogP contribution in [-0.2, 0) is 0 Å². The third-order valence-corrected chi connectivity index (χ3v) is 4.62. The zero-order valence-electron chi connectivity index (χ0n) is 12.2. The Hall–Kier alpha value is -1.33. The molecule has 5 heteroatoms. The highest BCUT2D eigenvalue weighted by atomic mass is 79.9. The van der Waals surface area contributed by atoms with Crippen LogP contribution in [0.4, 0.5) is 0 Å². The fourth-order valence-electron chi connectivity index (χ4n) is 1.97. The van der Waals surface area contributed by atoms with E-state index in [0.29, 0.717) is 34.7 Å². The van der Waals surface area contributed by atoms with Gasteiger partial charge in [0.05, 0.1) is 18.1 Å². The average molecular weight is 369 g/mol. The number of halogens is 1. The molecule has 0 radical (unpaired) electrons. The molecule has 0 aliphatic rings. The predicted molar refractivity (Wildman–Crippen MR) is 89.0 cm³/mol. The second-order valence-electron chi connectivity index (χ2n) is 4.41. The second kappa shape index (κ2) is 7.09. The van der Waals surface area contributed by atoms with Crippen molar-refractivity contribution in [3.05, 3.63) is 44.1 Å². The van der Waals surface area contributed by atoms with Crippen molar-refractivity contribution in [1.29, 1.82) is 0 Å². The summed E-state index contributed by atoms with van der Waals surface area (Å²) >= 11 is 4.91. The molecule has 2 rings (SSSR count). The maximum atomic E-state index is 12.7. The number of hydrogen-bond acceptors (Lipinski definition) is 4. The lowest BCUT2D eigenvalue weighted by Gasteiger charge is -2.13. The molecule has 0 aliphatic heterocycles. The highest BCUT2D eigenvalue weighted by Crippen LogP contribution is 2.35. The van der Waals surface area contributed by atoms with Crippen molar-refractivity contribution in [1.82, 2.24) is 0 Å². The zero-order valence-corrected chi connectivity index (χ0v) is 14.6. The van der Waals surface area contributed by atoms with Gasteiger partial charge in [-0.3, -0.25) is 4.79 Å². The maximum Gasteiger partial charge on any atom is 0.204 e. The molecule has 0 saturated carbocycles. The van der Waals surface area contributed by atoms with E-state index in [2.05, 4.69) is 15.9 Å². The van der Waals surface area contributed by atoms with Gasteiger partial charge in [-0.2, -0.15) is 0 Å². The van der Waals surface area contributed by atoms with Crippen LogP contribution in [0.1, 0.15) is 34.6 Å². The van der Waals surface area contributed by atoms with E-state index in [0.717, 1.165) is 10.4 Å². The Morgan fingerprint density at radius 3 is 2.33 bits per heavy atom. The number of carbonyl (C=O) groups excluding carboxylic acids is 1. The largest absolute Gasteiger partial charge is 0.490 e. The van der Waals surface area contributed by atoms with Gasteiger partial charge in [-0.05, 0) is 65.8 Å². The number of rotatable bonds is 6. The smallest absolute Gasteiger partial charge is 0.204 e. The van der Waals surface area contributed by atoms with E-state index in [1.54, 1.807) is 12.1 Å². The Kier molecular flexibility index (Phi) is 5.42. The summed E-state index contributed by atoms with van der Waals surface area (Å²) in [5, 5.41) is 1.93. The van der Waals surface area contributed by atoms with Gasteiger partial charge in [-0.25, -0.2) is 0 Å². The molecule has 2 aromatic rings. The molecule has 0 amide bonds. The first-order valence-corrected chi connectivity index (χ1v) is 8.43. The fourth-order valence-corrected chi connectivity index (χ4v) is 3.36. The Balaban J connectivity index is 2.46. The first kappa shape index (κ1) is 16.0. The summed E-state index contributed by atoms with van der Waals surface area (Å²) in [6.07, 6.45) is 0. The molecule has 0 unspecified atom stereocenters. The topological polar surface area (TPSA) is 35.5 Å². The molecule has 0 N–H and O–H groups in total. The van der Waals surface area contributed by atoms with E-state index in [9.17, 15) is 4.79 Å². The minimum Gasteiger partial charge on any atom is -0.490 e. The van der Waals surface area contributed by atoms with Gasteiger partial charge >= 0.3 is 0 Å². The lowest BCUT2D eigenvalue weighted by atomic mass is 10.1. The van der Waals surface area contributed by atoms with Crippen molar-refractivity contribution in [2.75, 3.05) is 13.2 Å². The third kappa shape index (κ3) is 3.47. The summed E-state index contributed by atoms with van der Waals surface area (Å²) < 4.78 is 11.9. The number of carbonyl (C=O) groups is 1. The first-order valence-electron chi connectivity index (χ1n) is 6.76. The van der Waals surface area contributed by atoms with Crippen molar-refractivity contribution in [2.24, 2.45) is 0 Å². The number of ether oxygens (including phenoxy) is 2. The van der Waals surface area contributed by atoms with Gasteiger partial charge in [0.2, 0.25) is 5.78 Å². The molecule has 0 bridgehead atoms. The molecular weight excluding hydrogens is 352 g/mol. The Bertz CT molecular complexity index is 649. The molecule has 0 saturated heterocycles. The molecule has 0 aliphatic carbocycles. The molecule has 0 spiro atoms. The number of aryl methyl sites for hydroxylation is 1. The summed E-state index contributed by atoms with van der Waals surface area (Å²) in [6, 6.07) is 5.49. The van der Waals surface area contributed by atoms with Crippen LogP contribution < -0.4 is 9.47 Å². The van der Waals surface area contributed by atoms with E-state index in [1.165, 1.54) is 11.3 Å². The van der Waals surface area contributed by atoms with Crippen LogP contribution in [-0.4, -0.2) is 19.0 Å². The van der Waals surface area contributed by atoms with Gasteiger partial charge in [-0.1, -0.05) is 0 Å². The second-order valence-corrected chi connectivity index (χ2v) is 6.18. The molecule has 0 atom stereocenters. The normalized spacial score (nSPS) is 10.5. The van der Waals surface area contributed by atoms with Gasteiger partial charge in [0.25, 0.3) is 0 Å². The Labute approximate surface area is 137 Å². The highest BCUT2D eigenvalue weighted by Gasteiger charge is 2.19. The van der Waals surface area contributed by atoms with Crippen LogP contribution in [0, 0.1) is 6.92 Å². The summed E-state index contributed by atoms with van der Waals surface area (Å²) in [5.41, 5.74) is 1.58. The first-order chi connectivity index (χ1) is 10.1. The van der Waals surface area contributed by atoms with Crippen LogP contribution >= 0.6 is 27.3 Å². The van der Waals surface area contributed by atoms with E-state index >= 15 is 0 Å². The minimum absolute atomic E-state index is 0.00150. The molecule has 3 nitrogen and oxygen atoms in total. The number of ketones is 1. The van der Waals surface area contributed by atoms with E-state index < -0.39 is 0 Å². The SMILES string of the molecule is CCOc1cc(Br)c(C(=O)c2sccc2C)cc1OCC. The lowest BCUT2D eigenvalue weighted by Crippen LogP contribution is -2.05. The summed E-state index contributed by atoms with van der Waals surface area (Å²) in [5.74, 6) is 1.24. The van der Waals surface area contributed by atoms with Crippen molar-refractivity contribution in [3.63, 3.8) is 0 Å². The molecule has 1 heterocycles. The van der Waals surface area contributed by atoms with Crippen LogP contribution in [0.5, 0.6) is 11.5 Å².